The molecule has 0 unspecified atom stereocenters. The van der Waals surface area contributed by atoms with E-state index in [9.17, 15) is 0 Å². The Hall–Kier alpha value is -7.82. The van der Waals surface area contributed by atoms with E-state index in [-0.39, 0.29) is 6.71 Å². The molecule has 3 nitrogen and oxygen atoms in total. The highest BCUT2D eigenvalue weighted by Gasteiger charge is 2.46. The average molecular weight is 759 g/mol. The third-order valence-corrected chi connectivity index (χ3v) is 13.9. The number of hydrogen-bond donors (Lipinski definition) is 0. The van der Waals surface area contributed by atoms with Crippen molar-refractivity contribution in [3.05, 3.63) is 188 Å². The molecular formula is C56H31BN2O. The Bertz CT molecular complexity index is 4080. The van der Waals surface area contributed by atoms with E-state index in [4.69, 9.17) is 4.42 Å². The van der Waals surface area contributed by atoms with Crippen molar-refractivity contribution in [3.63, 3.8) is 0 Å². The van der Waals surface area contributed by atoms with Crippen molar-refractivity contribution in [1.29, 1.82) is 0 Å². The van der Waals surface area contributed by atoms with Crippen molar-refractivity contribution in [3.8, 4) is 5.69 Å². The maximum atomic E-state index is 7.19. The van der Waals surface area contributed by atoms with E-state index < -0.39 is 0 Å². The zero-order valence-corrected chi connectivity index (χ0v) is 32.3. The molecule has 0 spiro atoms. The van der Waals surface area contributed by atoms with Crippen LogP contribution in [0.4, 0.5) is 17.1 Å². The lowest BCUT2D eigenvalue weighted by atomic mass is 9.36. The smallest absolute Gasteiger partial charge is 0.297 e. The van der Waals surface area contributed by atoms with Gasteiger partial charge in [-0.25, -0.2) is 0 Å². The van der Waals surface area contributed by atoms with Crippen LogP contribution < -0.4 is 21.5 Å². The number of rotatable bonds is 1. The van der Waals surface area contributed by atoms with E-state index in [0.29, 0.717) is 0 Å². The molecule has 4 heteroatoms. The first kappa shape index (κ1) is 31.2. The number of benzene rings is 11. The van der Waals surface area contributed by atoms with Crippen molar-refractivity contribution in [2.24, 2.45) is 0 Å². The van der Waals surface area contributed by atoms with Gasteiger partial charge in [0.25, 0.3) is 6.71 Å². The van der Waals surface area contributed by atoms with Crippen LogP contribution in [0.3, 0.4) is 0 Å². The standard InChI is InChI=1S/C56H31BN2O/c1-2-15-32(16-3-1)58-47-26-14-27-48-53(47)57(56-54(58)41-25-12-13-28-50(41)60-56)46-30-44-39-23-9-6-19-35(39)36-20-10-11-24-40(36)51(44)52-45-29-42-37-21-7-4-17-33(37)34-18-5-8-22-38(34)43(42)31-49(45)59(48)55(46)52/h1-31H. The third kappa shape index (κ3) is 3.70. The zero-order chi connectivity index (χ0) is 38.8. The largest absolute Gasteiger partial charge is 0.468 e. The summed E-state index contributed by atoms with van der Waals surface area (Å²) in [5, 5.41) is 19.1. The average Bonchev–Trinajstić information content (AvgIpc) is 3.86. The third-order valence-electron chi connectivity index (χ3n) is 13.9. The summed E-state index contributed by atoms with van der Waals surface area (Å²) in [7, 11) is 0. The quantitative estimate of drug-likeness (QED) is 0.123. The van der Waals surface area contributed by atoms with Crippen LogP contribution in [-0.4, -0.2) is 11.3 Å². The molecule has 60 heavy (non-hydrogen) atoms. The van der Waals surface area contributed by atoms with Gasteiger partial charge in [-0.1, -0.05) is 140 Å². The van der Waals surface area contributed by atoms with Gasteiger partial charge in [0, 0.05) is 38.6 Å². The van der Waals surface area contributed by atoms with Gasteiger partial charge >= 0.3 is 0 Å². The van der Waals surface area contributed by atoms with Gasteiger partial charge in [-0.3, -0.25) is 0 Å². The highest BCUT2D eigenvalue weighted by Crippen LogP contribution is 2.49. The number of aromatic nitrogens is 1. The minimum absolute atomic E-state index is 0.136. The molecule has 0 radical (unpaired) electrons. The molecule has 0 fully saturated rings. The molecule has 0 atom stereocenters. The SMILES string of the molecule is c1ccc(N2c3cccc4c3B(c3oc5ccccc5c32)c2cc3c5ccccc5c5ccccc5c3c3c5cc6c7ccccc7c7ccccc7c6cc5n-4c23)cc1. The van der Waals surface area contributed by atoms with Gasteiger partial charge in [0.15, 0.2) is 0 Å². The Labute approximate surface area is 344 Å². The molecule has 0 amide bonds. The van der Waals surface area contributed by atoms with Crippen LogP contribution in [0.5, 0.6) is 0 Å². The molecule has 0 aliphatic carbocycles. The van der Waals surface area contributed by atoms with Gasteiger partial charge in [0.05, 0.1) is 22.4 Å². The van der Waals surface area contributed by atoms with Gasteiger partial charge in [0.2, 0.25) is 0 Å². The second kappa shape index (κ2) is 11.0. The predicted molar refractivity (Wildman–Crippen MR) is 255 cm³/mol. The molecule has 0 saturated heterocycles. The van der Waals surface area contributed by atoms with Crippen LogP contribution in [0.2, 0.25) is 0 Å². The summed E-state index contributed by atoms with van der Waals surface area (Å²) in [5.74, 6) is 0. The Kier molecular flexibility index (Phi) is 5.73. The maximum absolute atomic E-state index is 7.19. The highest BCUT2D eigenvalue weighted by atomic mass is 16.3. The summed E-state index contributed by atoms with van der Waals surface area (Å²) in [6.07, 6.45) is 0. The topological polar surface area (TPSA) is 21.3 Å². The monoisotopic (exact) mass is 758 g/mol. The second-order valence-electron chi connectivity index (χ2n) is 16.7. The molecule has 13 aromatic rings. The lowest BCUT2D eigenvalue weighted by Crippen LogP contribution is -2.60. The molecule has 0 bridgehead atoms. The van der Waals surface area contributed by atoms with Gasteiger partial charge in [-0.05, 0) is 119 Å². The Morgan fingerprint density at radius 2 is 0.917 bits per heavy atom. The lowest BCUT2D eigenvalue weighted by molar-refractivity contribution is 0.651. The van der Waals surface area contributed by atoms with E-state index >= 15 is 0 Å². The van der Waals surface area contributed by atoms with Crippen LogP contribution in [0.15, 0.2) is 192 Å². The van der Waals surface area contributed by atoms with Gasteiger partial charge in [-0.15, -0.1) is 0 Å². The van der Waals surface area contributed by atoms with Gasteiger partial charge in [-0.2, -0.15) is 0 Å². The molecule has 4 heterocycles. The van der Waals surface area contributed by atoms with Crippen molar-refractivity contribution >= 4 is 138 Å². The molecule has 2 aromatic heterocycles. The first-order valence-electron chi connectivity index (χ1n) is 20.9. The predicted octanol–water partition coefficient (Wildman–Crippen LogP) is 13.1. The van der Waals surface area contributed by atoms with Gasteiger partial charge in [0.1, 0.15) is 5.58 Å². The summed E-state index contributed by atoms with van der Waals surface area (Å²) in [6, 6.07) is 69.8. The Balaban J connectivity index is 1.23. The van der Waals surface area contributed by atoms with Gasteiger partial charge < -0.3 is 13.9 Å². The van der Waals surface area contributed by atoms with Crippen LogP contribution in [0.1, 0.15) is 0 Å². The van der Waals surface area contributed by atoms with E-state index in [1.54, 1.807) is 0 Å². The van der Waals surface area contributed by atoms with Crippen molar-refractivity contribution < 1.29 is 4.42 Å². The summed E-state index contributed by atoms with van der Waals surface area (Å²) < 4.78 is 9.80. The van der Waals surface area contributed by atoms with E-state index in [1.165, 1.54) is 109 Å². The normalized spacial score (nSPS) is 13.3. The second-order valence-corrected chi connectivity index (χ2v) is 16.7. The molecule has 274 valence electrons. The summed E-state index contributed by atoms with van der Waals surface area (Å²) >= 11 is 0. The Morgan fingerprint density at radius 1 is 0.383 bits per heavy atom. The van der Waals surface area contributed by atoms with Crippen LogP contribution >= 0.6 is 0 Å². The molecule has 2 aliphatic heterocycles. The van der Waals surface area contributed by atoms with Crippen LogP contribution in [-0.2, 0) is 0 Å². The van der Waals surface area contributed by atoms with Crippen LogP contribution in [0.25, 0.3) is 103 Å². The molecule has 11 aromatic carbocycles. The number of hydrogen-bond acceptors (Lipinski definition) is 2. The Morgan fingerprint density at radius 3 is 1.60 bits per heavy atom. The minimum Gasteiger partial charge on any atom is -0.468 e. The molecule has 0 N–H and O–H groups in total. The zero-order valence-electron chi connectivity index (χ0n) is 32.3. The summed E-state index contributed by atoms with van der Waals surface area (Å²) in [4.78, 5) is 2.45. The first-order valence-corrected chi connectivity index (χ1v) is 20.9. The van der Waals surface area contributed by atoms with Crippen molar-refractivity contribution in [2.45, 2.75) is 0 Å². The number of fused-ring (bicyclic) bond motifs is 22. The van der Waals surface area contributed by atoms with E-state index in [1.807, 2.05) is 0 Å². The number of anilines is 3. The van der Waals surface area contributed by atoms with E-state index in [2.05, 4.69) is 198 Å². The summed E-state index contributed by atoms with van der Waals surface area (Å²) in [6.45, 7) is -0.136. The minimum atomic E-state index is -0.136. The van der Waals surface area contributed by atoms with Crippen molar-refractivity contribution in [1.82, 2.24) is 4.57 Å². The fraction of sp³-hybridized carbons (Fsp3) is 0. The number of para-hydroxylation sites is 2. The highest BCUT2D eigenvalue weighted by molar-refractivity contribution is 7.00. The molecule has 2 aliphatic rings. The molecule has 0 saturated carbocycles. The maximum Gasteiger partial charge on any atom is 0.297 e. The lowest BCUT2D eigenvalue weighted by Gasteiger charge is -2.38. The summed E-state index contributed by atoms with van der Waals surface area (Å²) in [5.41, 5.74) is 11.5. The van der Waals surface area contributed by atoms with E-state index in [0.717, 1.165) is 28.0 Å². The number of furan rings is 1. The first-order chi connectivity index (χ1) is 29.8. The fourth-order valence-corrected chi connectivity index (χ4v) is 11.6. The van der Waals surface area contributed by atoms with Crippen LogP contribution in [0, 0.1) is 0 Å². The number of nitrogens with zero attached hydrogens (tertiary/aromatic N) is 2. The fourth-order valence-electron chi connectivity index (χ4n) is 11.6. The van der Waals surface area contributed by atoms with Crippen molar-refractivity contribution in [2.75, 3.05) is 4.90 Å². The molecular weight excluding hydrogens is 727 g/mol. The molecule has 15 rings (SSSR count).